The Labute approximate surface area is 207 Å². The predicted octanol–water partition coefficient (Wildman–Crippen LogP) is 5.07. The van der Waals surface area contributed by atoms with E-state index in [2.05, 4.69) is 0 Å². The van der Waals surface area contributed by atoms with Crippen LogP contribution in [0.5, 0.6) is 11.5 Å². The second kappa shape index (κ2) is 11.9. The topological polar surface area (TPSA) is 85.3 Å². The highest BCUT2D eigenvalue weighted by Crippen LogP contribution is 2.40. The number of likely N-dealkylation sites (tertiary alicyclic amines) is 1. The molecule has 188 valence electrons. The Morgan fingerprint density at radius 2 is 1.77 bits per heavy atom. The molecule has 1 aliphatic rings. The number of hydrogen-bond acceptors (Lipinski definition) is 6. The molecule has 1 aliphatic heterocycles. The summed E-state index contributed by atoms with van der Waals surface area (Å²) in [6.07, 6.45) is 1.46. The smallest absolute Gasteiger partial charge is 0.295 e. The van der Waals surface area contributed by atoms with Crippen molar-refractivity contribution in [2.75, 3.05) is 34.0 Å². The first-order chi connectivity index (χ1) is 16.8. The lowest BCUT2D eigenvalue weighted by atomic mass is 9.93. The SMILES string of the molecule is CCCOc1ccc(C2/C(=C(/O)c3ccc(OC)c(C(C)C)c3)C(=O)C(=O)N2CCCOC)cc1. The van der Waals surface area contributed by atoms with Crippen LogP contribution in [-0.2, 0) is 14.3 Å². The molecule has 1 saturated heterocycles. The number of benzene rings is 2. The maximum Gasteiger partial charge on any atom is 0.295 e. The fraction of sp³-hybridized carbons (Fsp3) is 0.429. The molecule has 35 heavy (non-hydrogen) atoms. The van der Waals surface area contributed by atoms with Crippen molar-refractivity contribution in [2.45, 2.75) is 45.6 Å². The molecule has 1 N–H and O–H groups in total. The minimum absolute atomic E-state index is 0.0783. The first-order valence-corrected chi connectivity index (χ1v) is 12.0. The largest absolute Gasteiger partial charge is 0.507 e. The van der Waals surface area contributed by atoms with E-state index in [1.54, 1.807) is 26.4 Å². The summed E-state index contributed by atoms with van der Waals surface area (Å²) in [5.74, 6) is 0.0354. The van der Waals surface area contributed by atoms with Gasteiger partial charge in [-0.3, -0.25) is 9.59 Å². The molecule has 2 aromatic rings. The number of amides is 1. The first kappa shape index (κ1) is 26.3. The molecule has 0 aliphatic carbocycles. The zero-order valence-electron chi connectivity index (χ0n) is 21.2. The van der Waals surface area contributed by atoms with Crippen LogP contribution in [0.15, 0.2) is 48.0 Å². The van der Waals surface area contributed by atoms with Gasteiger partial charge in [-0.2, -0.15) is 0 Å². The van der Waals surface area contributed by atoms with Gasteiger partial charge in [0.2, 0.25) is 0 Å². The molecule has 1 heterocycles. The molecule has 1 fully saturated rings. The van der Waals surface area contributed by atoms with Gasteiger partial charge in [0.25, 0.3) is 11.7 Å². The number of hydrogen-bond donors (Lipinski definition) is 1. The lowest BCUT2D eigenvalue weighted by Gasteiger charge is -2.25. The number of carbonyl (C=O) groups excluding carboxylic acids is 2. The molecule has 1 amide bonds. The van der Waals surface area contributed by atoms with Crippen molar-refractivity contribution in [1.29, 1.82) is 0 Å². The van der Waals surface area contributed by atoms with Crippen LogP contribution < -0.4 is 9.47 Å². The van der Waals surface area contributed by atoms with Crippen molar-refractivity contribution in [3.8, 4) is 11.5 Å². The van der Waals surface area contributed by atoms with E-state index in [-0.39, 0.29) is 17.3 Å². The fourth-order valence-electron chi connectivity index (χ4n) is 4.29. The van der Waals surface area contributed by atoms with Crippen molar-refractivity contribution >= 4 is 17.4 Å². The van der Waals surface area contributed by atoms with Gasteiger partial charge in [-0.15, -0.1) is 0 Å². The van der Waals surface area contributed by atoms with Gasteiger partial charge < -0.3 is 24.2 Å². The quantitative estimate of drug-likeness (QED) is 0.209. The molecule has 0 spiro atoms. The molecular formula is C28H35NO6. The van der Waals surface area contributed by atoms with E-state index >= 15 is 0 Å². The van der Waals surface area contributed by atoms with Gasteiger partial charge in [-0.05, 0) is 60.2 Å². The van der Waals surface area contributed by atoms with Crippen molar-refractivity contribution in [1.82, 2.24) is 4.90 Å². The summed E-state index contributed by atoms with van der Waals surface area (Å²) in [5.41, 5.74) is 2.18. The van der Waals surface area contributed by atoms with Gasteiger partial charge in [0, 0.05) is 25.8 Å². The molecule has 7 heteroatoms. The third-order valence-electron chi connectivity index (χ3n) is 6.08. The summed E-state index contributed by atoms with van der Waals surface area (Å²) in [4.78, 5) is 27.8. The Kier molecular flexibility index (Phi) is 8.93. The highest BCUT2D eigenvalue weighted by molar-refractivity contribution is 6.46. The van der Waals surface area contributed by atoms with Crippen molar-refractivity contribution in [3.63, 3.8) is 0 Å². The number of nitrogens with zero attached hydrogens (tertiary/aromatic N) is 1. The summed E-state index contributed by atoms with van der Waals surface area (Å²) < 4.78 is 16.3. The second-order valence-electron chi connectivity index (χ2n) is 8.87. The van der Waals surface area contributed by atoms with E-state index < -0.39 is 17.7 Å². The van der Waals surface area contributed by atoms with Gasteiger partial charge in [-0.1, -0.05) is 32.9 Å². The zero-order chi connectivity index (χ0) is 25.5. The lowest BCUT2D eigenvalue weighted by Crippen LogP contribution is -2.31. The van der Waals surface area contributed by atoms with E-state index in [9.17, 15) is 14.7 Å². The van der Waals surface area contributed by atoms with Crippen molar-refractivity contribution < 1.29 is 28.9 Å². The predicted molar refractivity (Wildman–Crippen MR) is 135 cm³/mol. The summed E-state index contributed by atoms with van der Waals surface area (Å²) >= 11 is 0. The normalized spacial score (nSPS) is 17.3. The highest BCUT2D eigenvalue weighted by atomic mass is 16.5. The van der Waals surface area contributed by atoms with Crippen LogP contribution in [-0.4, -0.2) is 55.7 Å². The molecule has 2 aromatic carbocycles. The van der Waals surface area contributed by atoms with E-state index in [0.717, 1.165) is 17.5 Å². The van der Waals surface area contributed by atoms with Crippen LogP contribution in [0, 0.1) is 0 Å². The molecular weight excluding hydrogens is 446 g/mol. The van der Waals surface area contributed by atoms with Crippen molar-refractivity contribution in [2.24, 2.45) is 0 Å². The monoisotopic (exact) mass is 481 g/mol. The summed E-state index contributed by atoms with van der Waals surface area (Å²) in [5, 5.41) is 11.4. The molecule has 7 nitrogen and oxygen atoms in total. The standard InChI is InChI=1S/C28H35NO6/c1-6-15-35-21-11-8-19(9-12-21)25-24(27(31)28(32)29(25)14-7-16-33-4)26(30)20-10-13-23(34-5)22(17-20)18(2)3/h8-13,17-18,25,30H,6-7,14-16H2,1-5H3/b26-24-. The number of rotatable bonds is 11. The fourth-order valence-corrected chi connectivity index (χ4v) is 4.29. The van der Waals surface area contributed by atoms with Gasteiger partial charge in [0.05, 0.1) is 25.3 Å². The third-order valence-corrected chi connectivity index (χ3v) is 6.08. The molecule has 0 aromatic heterocycles. The third kappa shape index (κ3) is 5.68. The Balaban J connectivity index is 2.10. The van der Waals surface area contributed by atoms with E-state index in [0.29, 0.717) is 43.2 Å². The zero-order valence-corrected chi connectivity index (χ0v) is 21.2. The molecule has 1 unspecified atom stereocenters. The maximum atomic E-state index is 13.2. The first-order valence-electron chi connectivity index (χ1n) is 12.0. The molecule has 0 radical (unpaired) electrons. The number of aliphatic hydroxyl groups is 1. The minimum Gasteiger partial charge on any atom is -0.507 e. The van der Waals surface area contributed by atoms with Crippen LogP contribution in [0.4, 0.5) is 0 Å². The number of Topliss-reactive ketones (excluding diaryl/α,β-unsaturated/α-hetero) is 1. The average Bonchev–Trinajstić information content (AvgIpc) is 3.12. The van der Waals surface area contributed by atoms with Gasteiger partial charge in [0.15, 0.2) is 0 Å². The number of ketones is 1. The number of methoxy groups -OCH3 is 2. The number of aliphatic hydroxyl groups excluding tert-OH is 1. The van der Waals surface area contributed by atoms with Crippen LogP contribution in [0.25, 0.3) is 5.76 Å². The van der Waals surface area contributed by atoms with Gasteiger partial charge in [-0.25, -0.2) is 0 Å². The van der Waals surface area contributed by atoms with E-state index in [1.807, 2.05) is 51.1 Å². The highest BCUT2D eigenvalue weighted by Gasteiger charge is 2.45. The minimum atomic E-state index is -0.711. The average molecular weight is 482 g/mol. The molecule has 0 bridgehead atoms. The second-order valence-corrected chi connectivity index (χ2v) is 8.87. The Morgan fingerprint density at radius 1 is 1.06 bits per heavy atom. The van der Waals surface area contributed by atoms with Gasteiger partial charge >= 0.3 is 0 Å². The van der Waals surface area contributed by atoms with Crippen LogP contribution in [0.2, 0.25) is 0 Å². The summed E-state index contributed by atoms with van der Waals surface area (Å²) in [7, 11) is 3.19. The molecule has 1 atom stereocenters. The van der Waals surface area contributed by atoms with Crippen molar-refractivity contribution in [3.05, 3.63) is 64.7 Å². The number of carbonyl (C=O) groups is 2. The van der Waals surface area contributed by atoms with Crippen LogP contribution in [0.3, 0.4) is 0 Å². The number of ether oxygens (including phenoxy) is 3. The Morgan fingerprint density at radius 3 is 2.37 bits per heavy atom. The van der Waals surface area contributed by atoms with Gasteiger partial charge in [0.1, 0.15) is 17.3 Å². The molecule has 3 rings (SSSR count). The molecule has 0 saturated carbocycles. The van der Waals surface area contributed by atoms with Crippen LogP contribution in [0.1, 0.15) is 62.3 Å². The van der Waals surface area contributed by atoms with E-state index in [1.165, 1.54) is 4.90 Å². The van der Waals surface area contributed by atoms with Crippen LogP contribution >= 0.6 is 0 Å². The Hall–Kier alpha value is -3.32. The summed E-state index contributed by atoms with van der Waals surface area (Å²) in [6, 6.07) is 11.9. The lowest BCUT2D eigenvalue weighted by molar-refractivity contribution is -0.140. The Bertz CT molecular complexity index is 1070. The summed E-state index contributed by atoms with van der Waals surface area (Å²) in [6.45, 7) is 7.47. The van der Waals surface area contributed by atoms with E-state index in [4.69, 9.17) is 14.2 Å². The maximum absolute atomic E-state index is 13.2.